The van der Waals surface area contributed by atoms with E-state index in [-0.39, 0.29) is 12.5 Å². The number of ether oxygens (including phenoxy) is 1. The van der Waals surface area contributed by atoms with Gasteiger partial charge < -0.3 is 9.30 Å². The van der Waals surface area contributed by atoms with Crippen LogP contribution in [0.4, 0.5) is 5.69 Å². The molecule has 0 bridgehead atoms. The Morgan fingerprint density at radius 2 is 1.79 bits per heavy atom. The van der Waals surface area contributed by atoms with Crippen molar-refractivity contribution in [1.82, 2.24) is 9.55 Å². The SMILES string of the molecule is CC(=O)OCCCCn1c(CN2C(=O)C(=O)c3ccccc32)nc2ccccc21. The number of benzene rings is 2. The molecule has 7 nitrogen and oxygen atoms in total. The molecule has 0 N–H and O–H groups in total. The van der Waals surface area contributed by atoms with Gasteiger partial charge in [0.25, 0.3) is 11.7 Å². The number of rotatable bonds is 7. The molecule has 0 unspecified atom stereocenters. The maximum atomic E-state index is 12.5. The molecule has 148 valence electrons. The summed E-state index contributed by atoms with van der Waals surface area (Å²) >= 11 is 0. The van der Waals surface area contributed by atoms with E-state index in [1.165, 1.54) is 11.8 Å². The zero-order valence-corrected chi connectivity index (χ0v) is 16.1. The van der Waals surface area contributed by atoms with Gasteiger partial charge in [-0.15, -0.1) is 0 Å². The molecular formula is C22H21N3O4. The summed E-state index contributed by atoms with van der Waals surface area (Å²) in [4.78, 5) is 42.0. The lowest BCUT2D eigenvalue weighted by atomic mass is 10.1. The zero-order valence-electron chi connectivity index (χ0n) is 16.1. The molecule has 0 radical (unpaired) electrons. The van der Waals surface area contributed by atoms with Gasteiger partial charge >= 0.3 is 5.97 Å². The number of hydrogen-bond acceptors (Lipinski definition) is 5. The molecule has 1 aliphatic rings. The number of para-hydroxylation sites is 3. The van der Waals surface area contributed by atoms with Gasteiger partial charge in [0, 0.05) is 13.5 Å². The molecule has 0 atom stereocenters. The molecule has 1 aliphatic heterocycles. The summed E-state index contributed by atoms with van der Waals surface area (Å²) < 4.78 is 7.07. The highest BCUT2D eigenvalue weighted by atomic mass is 16.5. The predicted molar refractivity (Wildman–Crippen MR) is 108 cm³/mol. The first kappa shape index (κ1) is 18.9. The van der Waals surface area contributed by atoms with Gasteiger partial charge in [0.15, 0.2) is 0 Å². The van der Waals surface area contributed by atoms with Gasteiger partial charge in [-0.05, 0) is 37.1 Å². The smallest absolute Gasteiger partial charge is 0.302 e. The molecule has 0 saturated carbocycles. The Morgan fingerprint density at radius 3 is 2.62 bits per heavy atom. The van der Waals surface area contributed by atoms with E-state index in [2.05, 4.69) is 4.57 Å². The van der Waals surface area contributed by atoms with Crippen molar-refractivity contribution in [1.29, 1.82) is 0 Å². The van der Waals surface area contributed by atoms with E-state index in [9.17, 15) is 14.4 Å². The highest BCUT2D eigenvalue weighted by molar-refractivity contribution is 6.52. The Kier molecular flexibility index (Phi) is 5.12. The highest BCUT2D eigenvalue weighted by Gasteiger charge is 2.36. The lowest BCUT2D eigenvalue weighted by Gasteiger charge is -2.17. The molecule has 4 rings (SSSR count). The zero-order chi connectivity index (χ0) is 20.4. The van der Waals surface area contributed by atoms with Crippen LogP contribution in [0.5, 0.6) is 0 Å². The minimum atomic E-state index is -0.528. The standard InChI is InChI=1S/C22H21N3O4/c1-15(26)29-13-7-6-12-24-19-11-5-3-9-17(19)23-20(24)14-25-18-10-4-2-8-16(18)21(27)22(25)28/h2-5,8-11H,6-7,12-14H2,1H3. The Balaban J connectivity index is 1.60. The number of esters is 1. The maximum Gasteiger partial charge on any atom is 0.302 e. The van der Waals surface area contributed by atoms with Crippen LogP contribution in [-0.4, -0.2) is 33.8 Å². The van der Waals surface area contributed by atoms with Crippen molar-refractivity contribution in [3.8, 4) is 0 Å². The number of carbonyl (C=O) groups is 3. The molecule has 3 aromatic rings. The summed E-state index contributed by atoms with van der Waals surface area (Å²) in [6, 6.07) is 14.8. The lowest BCUT2D eigenvalue weighted by molar-refractivity contribution is -0.141. The number of imidazole rings is 1. The van der Waals surface area contributed by atoms with Crippen LogP contribution in [0.15, 0.2) is 48.5 Å². The number of hydrogen-bond donors (Lipinski definition) is 0. The third kappa shape index (κ3) is 3.63. The average molecular weight is 391 g/mol. The summed E-state index contributed by atoms with van der Waals surface area (Å²) in [6.07, 6.45) is 1.53. The summed E-state index contributed by atoms with van der Waals surface area (Å²) in [7, 11) is 0. The summed E-state index contributed by atoms with van der Waals surface area (Å²) in [5, 5.41) is 0. The second-order valence-corrected chi connectivity index (χ2v) is 6.95. The molecule has 0 saturated heterocycles. The van der Waals surface area contributed by atoms with Gasteiger partial charge in [0.1, 0.15) is 5.82 Å². The van der Waals surface area contributed by atoms with E-state index in [0.717, 1.165) is 29.7 Å². The van der Waals surface area contributed by atoms with Crippen LogP contribution >= 0.6 is 0 Å². The molecule has 1 amide bonds. The fourth-order valence-corrected chi connectivity index (χ4v) is 3.63. The Bertz CT molecular complexity index is 1100. The lowest BCUT2D eigenvalue weighted by Crippen LogP contribution is -2.30. The van der Waals surface area contributed by atoms with Crippen LogP contribution < -0.4 is 4.90 Å². The molecule has 0 aliphatic carbocycles. The van der Waals surface area contributed by atoms with Gasteiger partial charge in [0.2, 0.25) is 0 Å². The second-order valence-electron chi connectivity index (χ2n) is 6.95. The van der Waals surface area contributed by atoms with Gasteiger partial charge in [0.05, 0.1) is 35.4 Å². The van der Waals surface area contributed by atoms with Crippen molar-refractivity contribution in [2.45, 2.75) is 32.9 Å². The first-order valence-corrected chi connectivity index (χ1v) is 9.59. The number of fused-ring (bicyclic) bond motifs is 2. The average Bonchev–Trinajstić information content (AvgIpc) is 3.18. The van der Waals surface area contributed by atoms with E-state index in [0.29, 0.717) is 24.4 Å². The number of unbranched alkanes of at least 4 members (excludes halogenated alkanes) is 1. The molecule has 29 heavy (non-hydrogen) atoms. The first-order chi connectivity index (χ1) is 14.1. The van der Waals surface area contributed by atoms with Crippen LogP contribution in [0.3, 0.4) is 0 Å². The van der Waals surface area contributed by atoms with Gasteiger partial charge in [-0.2, -0.15) is 0 Å². The van der Waals surface area contributed by atoms with Crippen LogP contribution in [0.2, 0.25) is 0 Å². The fraction of sp³-hybridized carbons (Fsp3) is 0.273. The largest absolute Gasteiger partial charge is 0.466 e. The molecule has 0 fully saturated rings. The summed E-state index contributed by atoms with van der Waals surface area (Å²) in [5.41, 5.74) is 2.87. The van der Waals surface area contributed by atoms with E-state index < -0.39 is 11.7 Å². The van der Waals surface area contributed by atoms with E-state index >= 15 is 0 Å². The Labute approximate surface area is 167 Å². The Morgan fingerprint density at radius 1 is 1.03 bits per heavy atom. The number of carbonyl (C=O) groups excluding carboxylic acids is 3. The quantitative estimate of drug-likeness (QED) is 0.351. The number of anilines is 1. The van der Waals surface area contributed by atoms with Crippen molar-refractivity contribution in [3.63, 3.8) is 0 Å². The minimum absolute atomic E-state index is 0.222. The normalized spacial score (nSPS) is 13.2. The number of nitrogens with zero attached hydrogens (tertiary/aromatic N) is 3. The van der Waals surface area contributed by atoms with Gasteiger partial charge in [-0.25, -0.2) is 4.98 Å². The summed E-state index contributed by atoms with van der Waals surface area (Å²) in [6.45, 7) is 2.67. The number of aryl methyl sites for hydroxylation is 1. The third-order valence-electron chi connectivity index (χ3n) is 4.99. The van der Waals surface area contributed by atoms with E-state index in [1.54, 1.807) is 18.2 Å². The van der Waals surface area contributed by atoms with Crippen molar-refractivity contribution >= 4 is 34.4 Å². The maximum absolute atomic E-state index is 12.5. The number of amides is 1. The van der Waals surface area contributed by atoms with E-state index in [1.807, 2.05) is 30.3 Å². The van der Waals surface area contributed by atoms with Crippen molar-refractivity contribution < 1.29 is 19.1 Å². The molecule has 0 spiro atoms. The third-order valence-corrected chi connectivity index (χ3v) is 4.99. The number of ketones is 1. The van der Waals surface area contributed by atoms with Crippen molar-refractivity contribution in [3.05, 3.63) is 59.9 Å². The van der Waals surface area contributed by atoms with E-state index in [4.69, 9.17) is 9.72 Å². The second kappa shape index (κ2) is 7.87. The number of aromatic nitrogens is 2. The molecule has 1 aromatic heterocycles. The topological polar surface area (TPSA) is 81.5 Å². The Hall–Kier alpha value is -3.48. The highest BCUT2D eigenvalue weighted by Crippen LogP contribution is 2.30. The van der Waals surface area contributed by atoms with Gasteiger partial charge in [-0.3, -0.25) is 19.3 Å². The number of Topliss-reactive ketones (excluding diaryl/α,β-unsaturated/α-hetero) is 1. The predicted octanol–water partition coefficient (Wildman–Crippen LogP) is 3.11. The molecule has 2 heterocycles. The van der Waals surface area contributed by atoms with Crippen molar-refractivity contribution in [2.75, 3.05) is 11.5 Å². The summed E-state index contributed by atoms with van der Waals surface area (Å²) in [5.74, 6) is -0.574. The molecular weight excluding hydrogens is 370 g/mol. The first-order valence-electron chi connectivity index (χ1n) is 9.59. The minimum Gasteiger partial charge on any atom is -0.466 e. The van der Waals surface area contributed by atoms with Gasteiger partial charge in [-0.1, -0.05) is 24.3 Å². The molecule has 2 aromatic carbocycles. The fourth-order valence-electron chi connectivity index (χ4n) is 3.63. The van der Waals surface area contributed by atoms with Crippen LogP contribution in [0.25, 0.3) is 11.0 Å². The van der Waals surface area contributed by atoms with Crippen LogP contribution in [0.1, 0.15) is 35.9 Å². The molecule has 7 heteroatoms. The van der Waals surface area contributed by atoms with Crippen LogP contribution in [0, 0.1) is 0 Å². The van der Waals surface area contributed by atoms with Crippen LogP contribution in [-0.2, 0) is 27.4 Å². The monoisotopic (exact) mass is 391 g/mol. The van der Waals surface area contributed by atoms with Crippen molar-refractivity contribution in [2.24, 2.45) is 0 Å².